The van der Waals surface area contributed by atoms with E-state index in [1.54, 1.807) is 16.8 Å². The van der Waals surface area contributed by atoms with E-state index in [-0.39, 0.29) is 24.9 Å². The molecule has 0 aliphatic carbocycles. The molecular formula is C12H17ClN2O4. The summed E-state index contributed by atoms with van der Waals surface area (Å²) in [4.78, 5) is 22.3. The Hall–Kier alpha value is -1.53. The molecule has 1 atom stereocenters. The van der Waals surface area contributed by atoms with Crippen LogP contribution >= 0.6 is 11.6 Å². The Bertz CT molecular complexity index is 470. The fourth-order valence-electron chi connectivity index (χ4n) is 1.59. The number of carbonyl (C=O) groups is 2. The van der Waals surface area contributed by atoms with Crippen LogP contribution in [-0.2, 0) is 4.79 Å². The molecule has 0 spiro atoms. The maximum atomic E-state index is 11.9. The molecule has 1 rings (SSSR count). The van der Waals surface area contributed by atoms with Crippen molar-refractivity contribution in [3.63, 3.8) is 0 Å². The van der Waals surface area contributed by atoms with Gasteiger partial charge in [-0.15, -0.1) is 0 Å². The van der Waals surface area contributed by atoms with Crippen molar-refractivity contribution in [3.05, 3.63) is 23.0 Å². The number of halogens is 1. The number of amides is 1. The fourth-order valence-corrected chi connectivity index (χ4v) is 1.80. The minimum Gasteiger partial charge on any atom is -0.479 e. The van der Waals surface area contributed by atoms with Crippen molar-refractivity contribution in [2.24, 2.45) is 0 Å². The molecule has 0 aliphatic heterocycles. The first kappa shape index (κ1) is 15.5. The van der Waals surface area contributed by atoms with Gasteiger partial charge in [0.05, 0.1) is 5.02 Å². The van der Waals surface area contributed by atoms with Crippen LogP contribution in [0.2, 0.25) is 5.02 Å². The van der Waals surface area contributed by atoms with Gasteiger partial charge in [0.1, 0.15) is 5.69 Å². The predicted molar refractivity (Wildman–Crippen MR) is 70.4 cm³/mol. The van der Waals surface area contributed by atoms with Crippen LogP contribution in [0.4, 0.5) is 0 Å². The van der Waals surface area contributed by atoms with Gasteiger partial charge in [-0.25, -0.2) is 4.79 Å². The molecule has 0 radical (unpaired) electrons. The summed E-state index contributed by atoms with van der Waals surface area (Å²) in [6, 6.07) is 1.63. The zero-order valence-electron chi connectivity index (χ0n) is 10.8. The lowest BCUT2D eigenvalue weighted by molar-refractivity contribution is -0.146. The molecule has 1 aromatic heterocycles. The Labute approximate surface area is 116 Å². The number of rotatable bonds is 6. The molecule has 1 aromatic rings. The van der Waals surface area contributed by atoms with E-state index >= 15 is 0 Å². The van der Waals surface area contributed by atoms with Crippen molar-refractivity contribution in [1.82, 2.24) is 9.88 Å². The number of hydrogen-bond acceptors (Lipinski definition) is 3. The molecule has 106 valence electrons. The third kappa shape index (κ3) is 4.25. The quantitative estimate of drug-likeness (QED) is 0.735. The second-order valence-corrected chi connectivity index (χ2v) is 4.88. The van der Waals surface area contributed by atoms with Gasteiger partial charge in [0, 0.05) is 25.2 Å². The molecule has 6 nitrogen and oxygen atoms in total. The molecule has 3 N–H and O–H groups in total. The summed E-state index contributed by atoms with van der Waals surface area (Å²) in [5, 5.41) is 20.6. The molecule has 1 heterocycles. The van der Waals surface area contributed by atoms with E-state index in [0.29, 0.717) is 10.7 Å². The highest BCUT2D eigenvalue weighted by molar-refractivity contribution is 6.31. The lowest BCUT2D eigenvalue weighted by Gasteiger charge is -2.13. The van der Waals surface area contributed by atoms with Crippen LogP contribution in [-0.4, -0.2) is 39.3 Å². The Balaban J connectivity index is 2.61. The normalized spacial score (nSPS) is 12.5. The SMILES string of the molecule is CC(C)n1cc(Cl)cc1C(=O)NCC[C@H](O)C(=O)O. The average molecular weight is 289 g/mol. The summed E-state index contributed by atoms with van der Waals surface area (Å²) in [5.74, 6) is -1.65. The molecule has 0 saturated heterocycles. The third-order valence-corrected chi connectivity index (χ3v) is 2.80. The van der Waals surface area contributed by atoms with Gasteiger partial charge in [-0.3, -0.25) is 4.79 Å². The largest absolute Gasteiger partial charge is 0.479 e. The number of carbonyl (C=O) groups excluding carboxylic acids is 1. The lowest BCUT2D eigenvalue weighted by atomic mass is 10.2. The van der Waals surface area contributed by atoms with Crippen LogP contribution in [0, 0.1) is 0 Å². The summed E-state index contributed by atoms with van der Waals surface area (Å²) in [6.07, 6.45) is 0.144. The minimum absolute atomic E-state index is 0.0445. The van der Waals surface area contributed by atoms with Gasteiger partial charge in [-0.1, -0.05) is 11.6 Å². The standard InChI is InChI=1S/C12H17ClN2O4/c1-7(2)15-6-8(13)5-9(15)11(17)14-4-3-10(16)12(18)19/h5-7,10,16H,3-4H2,1-2H3,(H,14,17)(H,18,19)/t10-/m0/s1. The van der Waals surface area contributed by atoms with E-state index in [9.17, 15) is 9.59 Å². The Kier molecular flexibility index (Phi) is 5.38. The van der Waals surface area contributed by atoms with E-state index in [4.69, 9.17) is 21.8 Å². The highest BCUT2D eigenvalue weighted by Gasteiger charge is 2.16. The van der Waals surface area contributed by atoms with Crippen LogP contribution < -0.4 is 5.32 Å². The first-order valence-corrected chi connectivity index (χ1v) is 6.27. The van der Waals surface area contributed by atoms with Crippen LogP contribution in [0.5, 0.6) is 0 Å². The maximum Gasteiger partial charge on any atom is 0.332 e. The van der Waals surface area contributed by atoms with Crippen LogP contribution in [0.3, 0.4) is 0 Å². The first-order chi connectivity index (χ1) is 8.82. The van der Waals surface area contributed by atoms with E-state index in [2.05, 4.69) is 5.32 Å². The Morgan fingerprint density at radius 2 is 2.11 bits per heavy atom. The molecule has 0 aromatic carbocycles. The molecule has 0 fully saturated rings. The van der Waals surface area contributed by atoms with Crippen molar-refractivity contribution in [3.8, 4) is 0 Å². The highest BCUT2D eigenvalue weighted by atomic mass is 35.5. The van der Waals surface area contributed by atoms with Crippen LogP contribution in [0.25, 0.3) is 0 Å². The molecule has 0 unspecified atom stereocenters. The molecule has 7 heteroatoms. The number of carboxylic acid groups (broad SMARTS) is 1. The molecule has 0 bridgehead atoms. The maximum absolute atomic E-state index is 11.9. The molecule has 0 saturated carbocycles. The van der Waals surface area contributed by atoms with E-state index in [0.717, 1.165) is 0 Å². The van der Waals surface area contributed by atoms with Crippen LogP contribution in [0.1, 0.15) is 36.8 Å². The summed E-state index contributed by atoms with van der Waals surface area (Å²) in [6.45, 7) is 3.91. The van der Waals surface area contributed by atoms with Gasteiger partial charge in [0.25, 0.3) is 5.91 Å². The number of aliphatic hydroxyl groups is 1. The summed E-state index contributed by atoms with van der Waals surface area (Å²) in [5.41, 5.74) is 0.407. The van der Waals surface area contributed by atoms with Gasteiger partial charge in [-0.2, -0.15) is 0 Å². The molecule has 1 amide bonds. The smallest absolute Gasteiger partial charge is 0.332 e. The van der Waals surface area contributed by atoms with Crippen molar-refractivity contribution in [2.75, 3.05) is 6.54 Å². The van der Waals surface area contributed by atoms with Gasteiger partial charge in [0.15, 0.2) is 6.10 Å². The Morgan fingerprint density at radius 1 is 1.47 bits per heavy atom. The summed E-state index contributed by atoms with van der Waals surface area (Å²) < 4.78 is 1.73. The summed E-state index contributed by atoms with van der Waals surface area (Å²) >= 11 is 5.86. The molecule has 19 heavy (non-hydrogen) atoms. The lowest BCUT2D eigenvalue weighted by Crippen LogP contribution is -2.31. The predicted octanol–water partition coefficient (Wildman–Crippen LogP) is 1.29. The number of nitrogens with zero attached hydrogens (tertiary/aromatic N) is 1. The number of aromatic nitrogens is 1. The monoisotopic (exact) mass is 288 g/mol. The third-order valence-electron chi connectivity index (χ3n) is 2.59. The van der Waals surface area contributed by atoms with E-state index in [1.807, 2.05) is 13.8 Å². The number of nitrogens with one attached hydrogen (secondary N) is 1. The number of aliphatic carboxylic acids is 1. The van der Waals surface area contributed by atoms with E-state index in [1.165, 1.54) is 0 Å². The topological polar surface area (TPSA) is 91.6 Å². The molecule has 0 aliphatic rings. The second kappa shape index (κ2) is 6.58. The van der Waals surface area contributed by atoms with Crippen molar-refractivity contribution in [2.45, 2.75) is 32.4 Å². The number of carboxylic acids is 1. The van der Waals surface area contributed by atoms with Crippen LogP contribution in [0.15, 0.2) is 12.3 Å². The zero-order chi connectivity index (χ0) is 14.6. The Morgan fingerprint density at radius 3 is 2.63 bits per heavy atom. The highest BCUT2D eigenvalue weighted by Crippen LogP contribution is 2.18. The van der Waals surface area contributed by atoms with Gasteiger partial charge in [0.2, 0.25) is 0 Å². The fraction of sp³-hybridized carbons (Fsp3) is 0.500. The first-order valence-electron chi connectivity index (χ1n) is 5.89. The average Bonchev–Trinajstić information content (AvgIpc) is 2.71. The number of hydrogen-bond donors (Lipinski definition) is 3. The van der Waals surface area contributed by atoms with Crippen molar-refractivity contribution < 1.29 is 19.8 Å². The van der Waals surface area contributed by atoms with E-state index < -0.39 is 12.1 Å². The second-order valence-electron chi connectivity index (χ2n) is 4.44. The van der Waals surface area contributed by atoms with Crippen molar-refractivity contribution in [1.29, 1.82) is 0 Å². The van der Waals surface area contributed by atoms with Gasteiger partial charge >= 0.3 is 5.97 Å². The minimum atomic E-state index is -1.47. The summed E-state index contributed by atoms with van der Waals surface area (Å²) in [7, 11) is 0. The number of aliphatic hydroxyl groups excluding tert-OH is 1. The molecular weight excluding hydrogens is 272 g/mol. The van der Waals surface area contributed by atoms with Gasteiger partial charge < -0.3 is 20.1 Å². The zero-order valence-corrected chi connectivity index (χ0v) is 11.5. The van der Waals surface area contributed by atoms with Crippen molar-refractivity contribution >= 4 is 23.5 Å². The van der Waals surface area contributed by atoms with Gasteiger partial charge in [-0.05, 0) is 19.9 Å².